The van der Waals surface area contributed by atoms with E-state index in [0.29, 0.717) is 5.17 Å². The zero-order valence-corrected chi connectivity index (χ0v) is 21.9. The minimum atomic E-state index is -0.381. The van der Waals surface area contributed by atoms with Crippen LogP contribution in [0.25, 0.3) is 22.5 Å². The van der Waals surface area contributed by atoms with E-state index < -0.39 is 0 Å². The Morgan fingerprint density at radius 3 is 2.58 bits per heavy atom. The van der Waals surface area contributed by atoms with Gasteiger partial charge in [-0.1, -0.05) is 62.9 Å². The Bertz CT molecular complexity index is 1450. The molecule has 0 fully saturated rings. The molecule has 1 aromatic heterocycles. The number of fused-ring (bicyclic) bond motifs is 2. The second kappa shape index (κ2) is 10.3. The van der Waals surface area contributed by atoms with Crippen molar-refractivity contribution in [1.82, 2.24) is 9.58 Å². The fourth-order valence-corrected chi connectivity index (χ4v) is 5.74. The number of benzene rings is 2. The molecule has 0 aliphatic carbocycles. The predicted molar refractivity (Wildman–Crippen MR) is 151 cm³/mol. The van der Waals surface area contributed by atoms with E-state index in [1.54, 1.807) is 6.08 Å². The molecular weight excluding hydrogens is 466 g/mol. The van der Waals surface area contributed by atoms with Crippen LogP contribution in [0.5, 0.6) is 0 Å². The van der Waals surface area contributed by atoms with E-state index in [0.717, 1.165) is 40.5 Å². The van der Waals surface area contributed by atoms with Crippen molar-refractivity contribution in [2.24, 2.45) is 10.1 Å². The van der Waals surface area contributed by atoms with Crippen LogP contribution in [-0.4, -0.2) is 31.5 Å². The standard InChI is InChI=1S/C29H31N5OS/c1-4-5-6-7-8-13-26-32-34-27(30)25(28(35)31-29(34)36-26)18-23-16-19(2)33(20(23)3)24-15-14-21-11-9-10-12-22(21)17-24/h9-12,14-18,30H,4-8,13H2,1-3H3. The summed E-state index contributed by atoms with van der Waals surface area (Å²) in [5.41, 5.74) is 4.32. The summed E-state index contributed by atoms with van der Waals surface area (Å²) in [5, 5.41) is 18.7. The van der Waals surface area contributed by atoms with Crippen LogP contribution >= 0.6 is 11.8 Å². The number of hydrogen-bond donors (Lipinski definition) is 1. The van der Waals surface area contributed by atoms with E-state index in [2.05, 4.69) is 64.9 Å². The maximum atomic E-state index is 12.9. The summed E-state index contributed by atoms with van der Waals surface area (Å²) in [6.45, 7) is 6.31. The summed E-state index contributed by atoms with van der Waals surface area (Å²) in [6, 6.07) is 16.8. The lowest BCUT2D eigenvalue weighted by Crippen LogP contribution is -2.35. The van der Waals surface area contributed by atoms with Crippen molar-refractivity contribution in [3.05, 3.63) is 71.1 Å². The molecule has 5 rings (SSSR count). The predicted octanol–water partition coefficient (Wildman–Crippen LogP) is 7.23. The van der Waals surface area contributed by atoms with E-state index in [-0.39, 0.29) is 17.3 Å². The van der Waals surface area contributed by atoms with Gasteiger partial charge in [0.25, 0.3) is 5.91 Å². The molecule has 36 heavy (non-hydrogen) atoms. The van der Waals surface area contributed by atoms with Gasteiger partial charge in [-0.2, -0.15) is 15.1 Å². The lowest BCUT2D eigenvalue weighted by molar-refractivity contribution is -0.114. The number of hydrazone groups is 1. The summed E-state index contributed by atoms with van der Waals surface area (Å²) in [6.07, 6.45) is 8.60. The number of hydrogen-bond acceptors (Lipinski definition) is 4. The second-order valence-corrected chi connectivity index (χ2v) is 10.4. The summed E-state index contributed by atoms with van der Waals surface area (Å²) < 4.78 is 2.19. The average Bonchev–Trinajstić information content (AvgIpc) is 3.40. The molecule has 6 nitrogen and oxygen atoms in total. The molecule has 3 heterocycles. The van der Waals surface area contributed by atoms with Gasteiger partial charge in [-0.3, -0.25) is 10.2 Å². The first-order chi connectivity index (χ1) is 17.5. The second-order valence-electron chi connectivity index (χ2n) is 9.37. The maximum absolute atomic E-state index is 12.9. The summed E-state index contributed by atoms with van der Waals surface area (Å²) in [4.78, 5) is 17.2. The molecule has 2 aliphatic rings. The highest BCUT2D eigenvalue weighted by Gasteiger charge is 2.35. The zero-order chi connectivity index (χ0) is 25.2. The molecule has 0 bridgehead atoms. The number of thioether (sulfide) groups is 1. The Morgan fingerprint density at radius 1 is 1.00 bits per heavy atom. The van der Waals surface area contributed by atoms with Gasteiger partial charge in [-0.05, 0) is 79.1 Å². The number of nitrogens with one attached hydrogen (secondary N) is 1. The Balaban J connectivity index is 1.40. The summed E-state index contributed by atoms with van der Waals surface area (Å²) in [5.74, 6) is -0.289. The van der Waals surface area contributed by atoms with Gasteiger partial charge in [0.05, 0.1) is 5.57 Å². The normalized spacial score (nSPS) is 16.6. The van der Waals surface area contributed by atoms with Crippen LogP contribution in [0.3, 0.4) is 0 Å². The summed E-state index contributed by atoms with van der Waals surface area (Å²) in [7, 11) is 0. The molecule has 3 aromatic rings. The van der Waals surface area contributed by atoms with E-state index in [9.17, 15) is 4.79 Å². The fraction of sp³-hybridized carbons (Fsp3) is 0.310. The van der Waals surface area contributed by atoms with Crippen LogP contribution in [0.4, 0.5) is 0 Å². The van der Waals surface area contributed by atoms with Crippen LogP contribution in [0, 0.1) is 19.3 Å². The van der Waals surface area contributed by atoms with Crippen LogP contribution in [0.15, 0.2) is 64.2 Å². The van der Waals surface area contributed by atoms with Crippen molar-refractivity contribution < 1.29 is 4.79 Å². The Morgan fingerprint density at radius 2 is 1.78 bits per heavy atom. The van der Waals surface area contributed by atoms with Gasteiger partial charge < -0.3 is 4.57 Å². The number of carbonyl (C=O) groups is 1. The molecule has 7 heteroatoms. The van der Waals surface area contributed by atoms with Crippen LogP contribution < -0.4 is 0 Å². The number of aliphatic imine (C=N–C) groups is 1. The first-order valence-electron chi connectivity index (χ1n) is 12.6. The molecule has 0 saturated heterocycles. The highest BCUT2D eigenvalue weighted by atomic mass is 32.2. The first-order valence-corrected chi connectivity index (χ1v) is 13.4. The number of amides is 1. The molecule has 1 N–H and O–H groups in total. The van der Waals surface area contributed by atoms with Crippen molar-refractivity contribution in [3.8, 4) is 5.69 Å². The number of amidine groups is 2. The van der Waals surface area contributed by atoms with E-state index in [4.69, 9.17) is 5.41 Å². The van der Waals surface area contributed by atoms with Gasteiger partial charge >= 0.3 is 0 Å². The third-order valence-corrected chi connectivity index (χ3v) is 7.72. The van der Waals surface area contributed by atoms with E-state index in [1.165, 1.54) is 53.2 Å². The maximum Gasteiger partial charge on any atom is 0.283 e. The minimum absolute atomic E-state index is 0.0917. The largest absolute Gasteiger partial charge is 0.318 e. The molecule has 184 valence electrons. The van der Waals surface area contributed by atoms with Crippen LogP contribution in [0.2, 0.25) is 0 Å². The number of unbranched alkanes of at least 4 members (excludes halogenated alkanes) is 4. The number of carbonyl (C=O) groups excluding carboxylic acids is 1. The number of aryl methyl sites for hydroxylation is 1. The Labute approximate surface area is 216 Å². The van der Waals surface area contributed by atoms with Gasteiger partial charge in [0.1, 0.15) is 5.04 Å². The third kappa shape index (κ3) is 4.67. The minimum Gasteiger partial charge on any atom is -0.318 e. The molecule has 0 radical (unpaired) electrons. The van der Waals surface area contributed by atoms with E-state index >= 15 is 0 Å². The molecule has 0 unspecified atom stereocenters. The monoisotopic (exact) mass is 497 g/mol. The molecule has 2 aromatic carbocycles. The smallest absolute Gasteiger partial charge is 0.283 e. The van der Waals surface area contributed by atoms with Crippen molar-refractivity contribution in [2.75, 3.05) is 0 Å². The van der Waals surface area contributed by atoms with Gasteiger partial charge in [-0.15, -0.1) is 0 Å². The average molecular weight is 498 g/mol. The van der Waals surface area contributed by atoms with E-state index in [1.807, 2.05) is 19.1 Å². The van der Waals surface area contributed by atoms with Crippen molar-refractivity contribution in [1.29, 1.82) is 5.41 Å². The molecule has 1 amide bonds. The quantitative estimate of drug-likeness (QED) is 0.264. The topological polar surface area (TPSA) is 73.8 Å². The van der Waals surface area contributed by atoms with Gasteiger partial charge in [0, 0.05) is 17.1 Å². The number of aromatic nitrogens is 1. The lowest BCUT2D eigenvalue weighted by Gasteiger charge is -2.20. The molecule has 0 spiro atoms. The molecular formula is C29H31N5OS. The van der Waals surface area contributed by atoms with Gasteiger partial charge in [-0.25, -0.2) is 0 Å². The van der Waals surface area contributed by atoms with Crippen molar-refractivity contribution in [3.63, 3.8) is 0 Å². The molecule has 0 saturated carbocycles. The number of rotatable bonds is 8. The Hall–Kier alpha value is -3.45. The zero-order valence-electron chi connectivity index (χ0n) is 21.0. The van der Waals surface area contributed by atoms with Crippen LogP contribution in [-0.2, 0) is 4.79 Å². The molecule has 2 aliphatic heterocycles. The molecule has 0 atom stereocenters. The van der Waals surface area contributed by atoms with Gasteiger partial charge in [0.15, 0.2) is 5.84 Å². The fourth-order valence-electron chi connectivity index (χ4n) is 4.81. The Kier molecular flexibility index (Phi) is 6.92. The third-order valence-electron chi connectivity index (χ3n) is 6.75. The highest BCUT2D eigenvalue weighted by molar-refractivity contribution is 8.26. The number of nitrogens with zero attached hydrogens (tertiary/aromatic N) is 4. The van der Waals surface area contributed by atoms with Crippen molar-refractivity contribution in [2.45, 2.75) is 59.3 Å². The summed E-state index contributed by atoms with van der Waals surface area (Å²) >= 11 is 1.41. The highest BCUT2D eigenvalue weighted by Crippen LogP contribution is 2.31. The SMILES string of the molecule is CCCCCCCC1=NN2C(=N)C(=Cc3cc(C)n(-c4ccc5ccccc5c4)c3C)C(=O)N=C2S1. The van der Waals surface area contributed by atoms with Gasteiger partial charge in [0.2, 0.25) is 5.17 Å². The van der Waals surface area contributed by atoms with Crippen LogP contribution in [0.1, 0.15) is 62.4 Å². The lowest BCUT2D eigenvalue weighted by atomic mass is 10.1. The first kappa shape index (κ1) is 24.3. The van der Waals surface area contributed by atoms with Crippen molar-refractivity contribution >= 4 is 50.6 Å².